The summed E-state index contributed by atoms with van der Waals surface area (Å²) in [5.41, 5.74) is 2.16. The molecule has 0 aliphatic rings. The Morgan fingerprint density at radius 3 is 2.17 bits per heavy atom. The normalized spacial score (nSPS) is 10.5. The average molecular weight is 313 g/mol. The first-order valence-corrected chi connectivity index (χ1v) is 7.72. The number of methoxy groups -OCH3 is 1. The average Bonchev–Trinajstić information content (AvgIpc) is 2.60. The van der Waals surface area contributed by atoms with Gasteiger partial charge < -0.3 is 14.4 Å². The van der Waals surface area contributed by atoms with Crippen LogP contribution >= 0.6 is 0 Å². The maximum absolute atomic E-state index is 12.4. The van der Waals surface area contributed by atoms with E-state index in [1.54, 1.807) is 12.0 Å². The Labute approximate surface area is 137 Å². The number of hydrogen-bond acceptors (Lipinski definition) is 3. The Morgan fingerprint density at radius 1 is 0.957 bits per heavy atom. The fourth-order valence-corrected chi connectivity index (χ4v) is 2.22. The second-order valence-corrected chi connectivity index (χ2v) is 5.27. The van der Waals surface area contributed by atoms with Gasteiger partial charge in [0, 0.05) is 20.2 Å². The molecule has 0 aromatic heterocycles. The molecule has 0 saturated carbocycles. The summed E-state index contributed by atoms with van der Waals surface area (Å²) in [6, 6.07) is 19.8. The van der Waals surface area contributed by atoms with Gasteiger partial charge in [0.2, 0.25) is 5.91 Å². The van der Waals surface area contributed by atoms with Gasteiger partial charge in [0.1, 0.15) is 6.61 Å². The Bertz CT molecular complexity index is 572. The summed E-state index contributed by atoms with van der Waals surface area (Å²) in [4.78, 5) is 14.2. The van der Waals surface area contributed by atoms with Crippen LogP contribution in [0.15, 0.2) is 60.7 Å². The summed E-state index contributed by atoms with van der Waals surface area (Å²) in [6.45, 7) is 2.15. The van der Waals surface area contributed by atoms with E-state index in [0.29, 0.717) is 26.3 Å². The highest BCUT2D eigenvalue weighted by molar-refractivity contribution is 5.77. The molecule has 0 spiro atoms. The van der Waals surface area contributed by atoms with Crippen molar-refractivity contribution in [2.24, 2.45) is 0 Å². The van der Waals surface area contributed by atoms with Crippen LogP contribution in [0.2, 0.25) is 0 Å². The van der Waals surface area contributed by atoms with Crippen molar-refractivity contribution >= 4 is 5.91 Å². The van der Waals surface area contributed by atoms with Crippen molar-refractivity contribution in [3.63, 3.8) is 0 Å². The van der Waals surface area contributed by atoms with Gasteiger partial charge in [-0.15, -0.1) is 0 Å². The number of amides is 1. The van der Waals surface area contributed by atoms with E-state index in [0.717, 1.165) is 11.1 Å². The lowest BCUT2D eigenvalue weighted by Crippen LogP contribution is -2.36. The molecule has 2 aromatic carbocycles. The van der Waals surface area contributed by atoms with Gasteiger partial charge in [-0.2, -0.15) is 0 Å². The van der Waals surface area contributed by atoms with Crippen LogP contribution in [0.5, 0.6) is 0 Å². The lowest BCUT2D eigenvalue weighted by atomic mass is 10.2. The number of carbonyl (C=O) groups excluding carboxylic acids is 1. The molecular weight excluding hydrogens is 290 g/mol. The second-order valence-electron chi connectivity index (χ2n) is 5.27. The molecule has 0 heterocycles. The number of carbonyl (C=O) groups is 1. The summed E-state index contributed by atoms with van der Waals surface area (Å²) in [7, 11) is 1.64. The quantitative estimate of drug-likeness (QED) is 0.714. The van der Waals surface area contributed by atoms with E-state index >= 15 is 0 Å². The highest BCUT2D eigenvalue weighted by Gasteiger charge is 2.14. The summed E-state index contributed by atoms with van der Waals surface area (Å²) in [6.07, 6.45) is 0. The van der Waals surface area contributed by atoms with Crippen molar-refractivity contribution in [2.75, 3.05) is 26.9 Å². The monoisotopic (exact) mass is 313 g/mol. The van der Waals surface area contributed by atoms with Gasteiger partial charge in [0.25, 0.3) is 0 Å². The molecule has 122 valence electrons. The van der Waals surface area contributed by atoms with Gasteiger partial charge in [-0.3, -0.25) is 4.79 Å². The van der Waals surface area contributed by atoms with Crippen LogP contribution < -0.4 is 0 Å². The number of ether oxygens (including phenoxy) is 2. The Hall–Kier alpha value is -2.17. The fourth-order valence-electron chi connectivity index (χ4n) is 2.22. The number of rotatable bonds is 9. The summed E-state index contributed by atoms with van der Waals surface area (Å²) in [5, 5.41) is 0. The molecule has 0 aliphatic heterocycles. The molecule has 23 heavy (non-hydrogen) atoms. The molecule has 0 aliphatic carbocycles. The van der Waals surface area contributed by atoms with Crippen LogP contribution in [0.4, 0.5) is 0 Å². The predicted molar refractivity (Wildman–Crippen MR) is 89.8 cm³/mol. The molecule has 4 nitrogen and oxygen atoms in total. The third kappa shape index (κ3) is 6.22. The van der Waals surface area contributed by atoms with E-state index in [4.69, 9.17) is 9.47 Å². The Balaban J connectivity index is 1.85. The van der Waals surface area contributed by atoms with Crippen LogP contribution in [0.3, 0.4) is 0 Å². The Morgan fingerprint density at radius 2 is 1.57 bits per heavy atom. The first-order valence-electron chi connectivity index (χ1n) is 7.72. The summed E-state index contributed by atoms with van der Waals surface area (Å²) >= 11 is 0. The van der Waals surface area contributed by atoms with Crippen LogP contribution in [-0.2, 0) is 27.4 Å². The third-order valence-electron chi connectivity index (χ3n) is 3.47. The van der Waals surface area contributed by atoms with Crippen molar-refractivity contribution in [2.45, 2.75) is 13.2 Å². The van der Waals surface area contributed by atoms with Gasteiger partial charge in [0.15, 0.2) is 0 Å². The molecule has 2 aromatic rings. The zero-order chi connectivity index (χ0) is 16.3. The molecule has 0 N–H and O–H groups in total. The SMILES string of the molecule is COCCN(Cc1ccccc1)C(=O)COCc1ccccc1. The highest BCUT2D eigenvalue weighted by atomic mass is 16.5. The summed E-state index contributed by atoms with van der Waals surface area (Å²) < 4.78 is 10.6. The molecule has 0 saturated heterocycles. The van der Waals surface area contributed by atoms with Crippen LogP contribution in [0.25, 0.3) is 0 Å². The molecule has 4 heteroatoms. The first kappa shape index (κ1) is 17.2. The van der Waals surface area contributed by atoms with Gasteiger partial charge >= 0.3 is 0 Å². The number of hydrogen-bond donors (Lipinski definition) is 0. The van der Waals surface area contributed by atoms with Gasteiger partial charge in [-0.05, 0) is 11.1 Å². The minimum absolute atomic E-state index is 0.0261. The molecule has 1 amide bonds. The van der Waals surface area contributed by atoms with Gasteiger partial charge in [-0.25, -0.2) is 0 Å². The van der Waals surface area contributed by atoms with E-state index in [9.17, 15) is 4.79 Å². The van der Waals surface area contributed by atoms with Crippen molar-refractivity contribution in [3.8, 4) is 0 Å². The minimum Gasteiger partial charge on any atom is -0.383 e. The second kappa shape index (κ2) is 9.77. The number of nitrogens with zero attached hydrogens (tertiary/aromatic N) is 1. The van der Waals surface area contributed by atoms with Crippen molar-refractivity contribution in [3.05, 3.63) is 71.8 Å². The largest absolute Gasteiger partial charge is 0.383 e. The van der Waals surface area contributed by atoms with Crippen LogP contribution in [-0.4, -0.2) is 37.7 Å². The highest BCUT2D eigenvalue weighted by Crippen LogP contribution is 2.06. The first-order chi connectivity index (χ1) is 11.3. The topological polar surface area (TPSA) is 38.8 Å². The van der Waals surface area contributed by atoms with Gasteiger partial charge in [0.05, 0.1) is 13.2 Å². The van der Waals surface area contributed by atoms with Crippen LogP contribution in [0, 0.1) is 0 Å². The van der Waals surface area contributed by atoms with Crippen molar-refractivity contribution < 1.29 is 14.3 Å². The van der Waals surface area contributed by atoms with E-state index in [2.05, 4.69) is 0 Å². The molecule has 0 atom stereocenters. The molecule has 0 unspecified atom stereocenters. The zero-order valence-corrected chi connectivity index (χ0v) is 13.5. The van der Waals surface area contributed by atoms with E-state index in [1.165, 1.54) is 0 Å². The Kier molecular flexibility index (Phi) is 7.30. The minimum atomic E-state index is -0.0261. The molecule has 2 rings (SSSR count). The maximum atomic E-state index is 12.4. The van der Waals surface area contributed by atoms with E-state index < -0.39 is 0 Å². The fraction of sp³-hybridized carbons (Fsp3) is 0.316. The zero-order valence-electron chi connectivity index (χ0n) is 13.5. The molecular formula is C19H23NO3. The van der Waals surface area contributed by atoms with Crippen LogP contribution in [0.1, 0.15) is 11.1 Å². The molecule has 0 fully saturated rings. The lowest BCUT2D eigenvalue weighted by Gasteiger charge is -2.22. The molecule has 0 bridgehead atoms. The maximum Gasteiger partial charge on any atom is 0.248 e. The smallest absolute Gasteiger partial charge is 0.248 e. The standard InChI is InChI=1S/C19H23NO3/c1-22-13-12-20(14-17-8-4-2-5-9-17)19(21)16-23-15-18-10-6-3-7-11-18/h2-11H,12-16H2,1H3. The van der Waals surface area contributed by atoms with E-state index in [1.807, 2.05) is 60.7 Å². The molecule has 0 radical (unpaired) electrons. The third-order valence-corrected chi connectivity index (χ3v) is 3.47. The van der Waals surface area contributed by atoms with Crippen molar-refractivity contribution in [1.29, 1.82) is 0 Å². The number of benzene rings is 2. The lowest BCUT2D eigenvalue weighted by molar-refractivity contribution is -0.137. The van der Waals surface area contributed by atoms with Gasteiger partial charge in [-0.1, -0.05) is 60.7 Å². The van der Waals surface area contributed by atoms with Crippen molar-refractivity contribution in [1.82, 2.24) is 4.90 Å². The predicted octanol–water partition coefficient (Wildman–Crippen LogP) is 2.88. The summed E-state index contributed by atoms with van der Waals surface area (Å²) in [5.74, 6) is -0.0261. The van der Waals surface area contributed by atoms with E-state index in [-0.39, 0.29) is 12.5 Å².